The van der Waals surface area contributed by atoms with Crippen LogP contribution in [0.15, 0.2) is 22.8 Å². The summed E-state index contributed by atoms with van der Waals surface area (Å²) in [6.07, 6.45) is 7.29. The van der Waals surface area contributed by atoms with Gasteiger partial charge in [0, 0.05) is 26.2 Å². The van der Waals surface area contributed by atoms with Crippen molar-refractivity contribution >= 4 is 23.8 Å². The van der Waals surface area contributed by atoms with Crippen LogP contribution < -0.4 is 0 Å². The van der Waals surface area contributed by atoms with E-state index in [-0.39, 0.29) is 36.8 Å². The van der Waals surface area contributed by atoms with Crippen molar-refractivity contribution in [3.8, 4) is 0 Å². The minimum absolute atomic E-state index is 0. The third-order valence-corrected chi connectivity index (χ3v) is 2.89. The maximum Gasteiger partial charge on any atom is 0.134 e. The van der Waals surface area contributed by atoms with Crippen LogP contribution in [-0.4, -0.2) is 23.8 Å². The number of hydrogen-bond acceptors (Lipinski definition) is 4. The van der Waals surface area contributed by atoms with Gasteiger partial charge in [0.25, 0.3) is 0 Å². The van der Waals surface area contributed by atoms with Crippen molar-refractivity contribution in [2.45, 2.75) is 51.9 Å². The van der Waals surface area contributed by atoms with Crippen LogP contribution in [0, 0.1) is 0 Å². The van der Waals surface area contributed by atoms with Crippen molar-refractivity contribution < 1.29 is 39.3 Å². The van der Waals surface area contributed by atoms with Crippen LogP contribution in [0.5, 0.6) is 0 Å². The molecule has 0 heterocycles. The van der Waals surface area contributed by atoms with Gasteiger partial charge >= 0.3 is 0 Å². The number of hydrogen-bond donors (Lipinski definition) is 0. The molecule has 4 nitrogen and oxygen atoms in total. The van der Waals surface area contributed by atoms with E-state index in [2.05, 4.69) is 6.92 Å². The molecule has 0 N–H and O–H groups in total. The molecule has 0 aromatic heterocycles. The van der Waals surface area contributed by atoms with Gasteiger partial charge in [0.15, 0.2) is 0 Å². The molecule has 115 valence electrons. The average Bonchev–Trinajstić information content (AvgIpc) is 2.48. The summed E-state index contributed by atoms with van der Waals surface area (Å²) in [5, 5.41) is 0. The topological polar surface area (TPSA) is 68.3 Å². The van der Waals surface area contributed by atoms with Crippen LogP contribution in [0.4, 0.5) is 0 Å². The van der Waals surface area contributed by atoms with Crippen LogP contribution in [-0.2, 0) is 39.3 Å². The Morgan fingerprint density at radius 2 is 1.48 bits per heavy atom. The maximum absolute atomic E-state index is 10.9. The summed E-state index contributed by atoms with van der Waals surface area (Å²) in [7, 11) is 0. The van der Waals surface area contributed by atoms with Gasteiger partial charge in [0.2, 0.25) is 0 Å². The van der Waals surface area contributed by atoms with E-state index in [0.29, 0.717) is 6.42 Å². The summed E-state index contributed by atoms with van der Waals surface area (Å²) >= 11 is 0. The molecule has 0 saturated heterocycles. The Hall–Kier alpha value is -1.55. The van der Waals surface area contributed by atoms with Crippen molar-refractivity contribution in [3.63, 3.8) is 0 Å². The summed E-state index contributed by atoms with van der Waals surface area (Å²) < 4.78 is 0. The van der Waals surface area contributed by atoms with Gasteiger partial charge in [-0.1, -0.05) is 39.0 Å². The van der Waals surface area contributed by atoms with Gasteiger partial charge in [-0.2, -0.15) is 0 Å². The number of carbonyl (C=O) groups excluding carboxylic acids is 4. The van der Waals surface area contributed by atoms with E-state index in [4.69, 9.17) is 0 Å². The molecule has 0 atom stereocenters. The van der Waals surface area contributed by atoms with Gasteiger partial charge in [-0.15, -0.1) is 0 Å². The van der Waals surface area contributed by atoms with Crippen LogP contribution >= 0.6 is 0 Å². The molecule has 0 aliphatic rings. The molecule has 0 bridgehead atoms. The van der Waals surface area contributed by atoms with E-state index in [1.165, 1.54) is 24.2 Å². The molecule has 0 unspecified atom stereocenters. The predicted molar refractivity (Wildman–Crippen MR) is 75.9 cm³/mol. The van der Waals surface area contributed by atoms with Crippen molar-refractivity contribution in [1.29, 1.82) is 0 Å². The van der Waals surface area contributed by atoms with Gasteiger partial charge in [0.05, 0.1) is 16.7 Å². The quantitative estimate of drug-likeness (QED) is 0.282. The Bertz CT molecular complexity index is 510. The minimum atomic E-state index is -0.306. The van der Waals surface area contributed by atoms with Gasteiger partial charge in [-0.05, 0) is 12.8 Å². The SMILES string of the molecule is CCCCCCCCC(=C=O)C(=C=O)C(=C=O)C=C=O.[Ir]. The maximum atomic E-state index is 10.9. The van der Waals surface area contributed by atoms with E-state index < -0.39 is 0 Å². The molecule has 0 aliphatic heterocycles. The van der Waals surface area contributed by atoms with Gasteiger partial charge in [-0.3, -0.25) is 0 Å². The van der Waals surface area contributed by atoms with Gasteiger partial charge in [-0.25, -0.2) is 19.2 Å². The molecular weight excluding hydrogens is 448 g/mol. The second-order valence-corrected chi connectivity index (χ2v) is 4.35. The molecular formula is C16H18IrO4. The molecule has 0 amide bonds. The number of allylic oxidation sites excluding steroid dienone is 4. The first-order valence-corrected chi connectivity index (χ1v) is 6.70. The molecule has 5 heteroatoms. The minimum Gasteiger partial charge on any atom is -0.233 e. The molecule has 0 rings (SSSR count). The first kappa shape index (κ1) is 21.7. The fourth-order valence-corrected chi connectivity index (χ4v) is 1.80. The Morgan fingerprint density at radius 3 is 1.95 bits per heavy atom. The number of rotatable bonds is 10. The largest absolute Gasteiger partial charge is 0.233 e. The van der Waals surface area contributed by atoms with E-state index >= 15 is 0 Å². The molecule has 0 aromatic rings. The summed E-state index contributed by atoms with van der Waals surface area (Å²) in [4.78, 5) is 42.6. The molecule has 21 heavy (non-hydrogen) atoms. The van der Waals surface area contributed by atoms with Crippen molar-refractivity contribution in [2.24, 2.45) is 0 Å². The smallest absolute Gasteiger partial charge is 0.134 e. The first-order valence-electron chi connectivity index (χ1n) is 6.70. The predicted octanol–water partition coefficient (Wildman–Crippen LogP) is 2.40. The van der Waals surface area contributed by atoms with E-state index in [9.17, 15) is 19.2 Å². The molecule has 1 radical (unpaired) electrons. The van der Waals surface area contributed by atoms with Gasteiger partial charge < -0.3 is 0 Å². The fraction of sp³-hybridized carbons (Fsp3) is 0.500. The van der Waals surface area contributed by atoms with E-state index in [1.54, 1.807) is 5.94 Å². The Balaban J connectivity index is 0. The van der Waals surface area contributed by atoms with Crippen molar-refractivity contribution in [1.82, 2.24) is 0 Å². The van der Waals surface area contributed by atoms with Crippen LogP contribution in [0.2, 0.25) is 0 Å². The Morgan fingerprint density at radius 1 is 0.857 bits per heavy atom. The molecule has 0 saturated carbocycles. The van der Waals surface area contributed by atoms with E-state index in [1.807, 2.05) is 0 Å². The second-order valence-electron chi connectivity index (χ2n) is 4.35. The zero-order valence-electron chi connectivity index (χ0n) is 12.0. The summed E-state index contributed by atoms with van der Waals surface area (Å²) in [5.41, 5.74) is -0.494. The van der Waals surface area contributed by atoms with Crippen LogP contribution in [0.3, 0.4) is 0 Å². The first-order chi connectivity index (χ1) is 9.74. The molecule has 0 spiro atoms. The summed E-state index contributed by atoms with van der Waals surface area (Å²) in [5.74, 6) is 5.98. The molecule has 0 fully saturated rings. The van der Waals surface area contributed by atoms with Gasteiger partial charge in [0.1, 0.15) is 23.8 Å². The molecule has 0 aromatic carbocycles. The third-order valence-electron chi connectivity index (χ3n) is 2.89. The second kappa shape index (κ2) is 14.9. The summed E-state index contributed by atoms with van der Waals surface area (Å²) in [6, 6.07) is 0. The average molecular weight is 467 g/mol. The van der Waals surface area contributed by atoms with Crippen molar-refractivity contribution in [3.05, 3.63) is 22.8 Å². The summed E-state index contributed by atoms with van der Waals surface area (Å²) in [6.45, 7) is 2.13. The van der Waals surface area contributed by atoms with Crippen LogP contribution in [0.25, 0.3) is 0 Å². The zero-order valence-corrected chi connectivity index (χ0v) is 14.4. The van der Waals surface area contributed by atoms with E-state index in [0.717, 1.165) is 38.2 Å². The fourth-order valence-electron chi connectivity index (χ4n) is 1.80. The third kappa shape index (κ3) is 9.08. The van der Waals surface area contributed by atoms with Crippen LogP contribution in [0.1, 0.15) is 51.9 Å². The van der Waals surface area contributed by atoms with Crippen molar-refractivity contribution in [2.75, 3.05) is 0 Å². The standard InChI is InChI=1S/C16H18O4.Ir/c1-2-3-4-5-6-7-8-14(11-18)16(13-20)15(12-19)9-10-17;/h9H,2-8H2,1H3;. The number of unbranched alkanes of at least 4 members (excludes halogenated alkanes) is 5. The molecule has 0 aliphatic carbocycles. The Labute approximate surface area is 138 Å². The zero-order chi connectivity index (χ0) is 15.2. The Kier molecular flexibility index (Phi) is 15.4. The normalized spacial score (nSPS) is 8.24. The monoisotopic (exact) mass is 467 g/mol.